The van der Waals surface area contributed by atoms with Crippen molar-refractivity contribution in [1.29, 1.82) is 0 Å². The van der Waals surface area contributed by atoms with Gasteiger partial charge >= 0.3 is 0 Å². The zero-order valence-corrected chi connectivity index (χ0v) is 6.50. The fraction of sp³-hybridized carbons (Fsp3) is 1.00. The molecule has 0 nitrogen and oxygen atoms in total. The van der Waals surface area contributed by atoms with E-state index in [1.807, 2.05) is 21.6 Å². The zero-order valence-electron chi connectivity index (χ0n) is 4.05. The van der Waals surface area contributed by atoms with Gasteiger partial charge in [-0.1, -0.05) is 21.6 Å². The molecule has 0 N–H and O–H groups in total. The van der Waals surface area contributed by atoms with Crippen molar-refractivity contribution in [3.63, 3.8) is 0 Å². The second-order valence-electron chi connectivity index (χ2n) is 1.32. The average Bonchev–Trinajstić information content (AvgIpc) is 1.90. The van der Waals surface area contributed by atoms with E-state index >= 15 is 0 Å². The van der Waals surface area contributed by atoms with E-state index < -0.39 is 0 Å². The van der Waals surface area contributed by atoms with Gasteiger partial charge in [-0.3, -0.25) is 0 Å². The van der Waals surface area contributed by atoms with Crippen LogP contribution in [0.5, 0.6) is 0 Å². The van der Waals surface area contributed by atoms with Gasteiger partial charge in [0.15, 0.2) is 0 Å². The monoisotopic (exact) mass is 152 g/mol. The van der Waals surface area contributed by atoms with Gasteiger partial charge in [0.25, 0.3) is 0 Å². The van der Waals surface area contributed by atoms with E-state index in [0.717, 1.165) is 0 Å². The van der Waals surface area contributed by atoms with Crippen LogP contribution >= 0.6 is 33.3 Å². The van der Waals surface area contributed by atoms with E-state index in [1.54, 1.807) is 0 Å². The number of hydrogen-bond donors (Lipinski definition) is 0. The molecule has 1 aliphatic heterocycles. The van der Waals surface area contributed by atoms with Crippen LogP contribution in [-0.2, 0) is 0 Å². The van der Waals surface area contributed by atoms with Gasteiger partial charge in [-0.05, 0) is 12.2 Å². The van der Waals surface area contributed by atoms with Crippen molar-refractivity contribution in [2.24, 2.45) is 0 Å². The number of hydrogen-bond acceptors (Lipinski definition) is 3. The van der Waals surface area contributed by atoms with Crippen LogP contribution < -0.4 is 0 Å². The summed E-state index contributed by atoms with van der Waals surface area (Å²) in [5.41, 5.74) is 0. The molecule has 1 saturated heterocycles. The Hall–Kier alpha value is 1.05. The lowest BCUT2D eigenvalue weighted by Crippen LogP contribution is -1.75. The van der Waals surface area contributed by atoms with Gasteiger partial charge in [0, 0.05) is 10.8 Å². The first-order valence-corrected chi connectivity index (χ1v) is 5.96. The first-order valence-electron chi connectivity index (χ1n) is 2.32. The summed E-state index contributed by atoms with van der Waals surface area (Å²) in [6, 6.07) is 0. The molecule has 3 heteroatoms. The van der Waals surface area contributed by atoms with E-state index in [1.165, 1.54) is 23.0 Å². The van der Waals surface area contributed by atoms with Crippen LogP contribution in [0.15, 0.2) is 0 Å². The number of rotatable bonds is 0. The SMILES string of the molecule is C1CSCSSC1. The highest BCUT2D eigenvalue weighted by molar-refractivity contribution is 8.78. The molecule has 1 fully saturated rings. The van der Waals surface area contributed by atoms with Crippen LogP contribution in [0.4, 0.5) is 0 Å². The lowest BCUT2D eigenvalue weighted by Gasteiger charge is -1.85. The van der Waals surface area contributed by atoms with Gasteiger partial charge in [0.2, 0.25) is 0 Å². The minimum Gasteiger partial charge on any atom is -0.150 e. The fourth-order valence-corrected chi connectivity index (χ4v) is 4.26. The van der Waals surface area contributed by atoms with Crippen molar-refractivity contribution in [3.8, 4) is 0 Å². The molecule has 1 rings (SSSR count). The lowest BCUT2D eigenvalue weighted by atomic mass is 10.6. The van der Waals surface area contributed by atoms with Gasteiger partial charge in [-0.25, -0.2) is 0 Å². The summed E-state index contributed by atoms with van der Waals surface area (Å²) < 4.78 is 0. The quantitative estimate of drug-likeness (QED) is 0.489. The molecule has 42 valence electrons. The van der Waals surface area contributed by atoms with Crippen LogP contribution in [0.2, 0.25) is 0 Å². The predicted molar refractivity (Wildman–Crippen MR) is 42.0 cm³/mol. The molecule has 0 bridgehead atoms. The van der Waals surface area contributed by atoms with Gasteiger partial charge in [-0.15, -0.1) is 0 Å². The van der Waals surface area contributed by atoms with Crippen LogP contribution in [0.1, 0.15) is 6.42 Å². The molecule has 0 unspecified atom stereocenters. The van der Waals surface area contributed by atoms with Gasteiger partial charge in [0.1, 0.15) is 0 Å². The molecule has 1 heterocycles. The topological polar surface area (TPSA) is 0 Å². The van der Waals surface area contributed by atoms with Gasteiger partial charge in [-0.2, -0.15) is 11.8 Å². The molecule has 0 aliphatic carbocycles. The summed E-state index contributed by atoms with van der Waals surface area (Å²) in [7, 11) is 4.01. The normalized spacial score (nSPS) is 24.0. The average molecular weight is 152 g/mol. The maximum Gasteiger partial charge on any atom is 0.0496 e. The van der Waals surface area contributed by atoms with Crippen LogP contribution in [0.3, 0.4) is 0 Å². The van der Waals surface area contributed by atoms with E-state index in [-0.39, 0.29) is 0 Å². The van der Waals surface area contributed by atoms with E-state index in [4.69, 9.17) is 0 Å². The highest BCUT2D eigenvalue weighted by Crippen LogP contribution is 2.30. The second kappa shape index (κ2) is 3.98. The minimum absolute atomic E-state index is 1.30. The molecule has 1 aliphatic rings. The predicted octanol–water partition coefficient (Wildman–Crippen LogP) is 2.46. The largest absolute Gasteiger partial charge is 0.150 e. The summed E-state index contributed by atoms with van der Waals surface area (Å²) in [4.78, 5) is 0. The lowest BCUT2D eigenvalue weighted by molar-refractivity contribution is 1.13. The summed E-state index contributed by atoms with van der Waals surface area (Å²) in [5.74, 6) is 2.73. The third-order valence-electron chi connectivity index (χ3n) is 0.731. The fourth-order valence-electron chi connectivity index (χ4n) is 0.406. The van der Waals surface area contributed by atoms with Crippen molar-refractivity contribution in [3.05, 3.63) is 0 Å². The van der Waals surface area contributed by atoms with Crippen LogP contribution in [0.25, 0.3) is 0 Å². The third kappa shape index (κ3) is 2.77. The highest BCUT2D eigenvalue weighted by Gasteiger charge is 1.96. The smallest absolute Gasteiger partial charge is 0.0496 e. The molecule has 0 amide bonds. The standard InChI is InChI=1S/C4H8S3/c1-2-5-4-7-6-3-1/h1-4H2. The Morgan fingerprint density at radius 1 is 1.00 bits per heavy atom. The second-order valence-corrected chi connectivity index (χ2v) is 5.37. The maximum atomic E-state index is 2.06. The first kappa shape index (κ1) is 6.17. The first-order chi connectivity index (χ1) is 3.50. The van der Waals surface area contributed by atoms with Crippen molar-refractivity contribution in [2.45, 2.75) is 6.42 Å². The molecule has 0 aromatic heterocycles. The molecular weight excluding hydrogens is 144 g/mol. The highest BCUT2D eigenvalue weighted by atomic mass is 33.1. The summed E-state index contributed by atoms with van der Waals surface area (Å²) in [5, 5.41) is 1.30. The van der Waals surface area contributed by atoms with Crippen molar-refractivity contribution < 1.29 is 0 Å². The van der Waals surface area contributed by atoms with E-state index in [0.29, 0.717) is 0 Å². The van der Waals surface area contributed by atoms with Gasteiger partial charge < -0.3 is 0 Å². The Balaban J connectivity index is 2.04. The Bertz CT molecular complexity index is 26.5. The number of thioether (sulfide) groups is 1. The Morgan fingerprint density at radius 3 is 3.00 bits per heavy atom. The Labute approximate surface area is 56.6 Å². The van der Waals surface area contributed by atoms with Crippen molar-refractivity contribution in [1.82, 2.24) is 0 Å². The summed E-state index contributed by atoms with van der Waals surface area (Å²) in [6.45, 7) is 0. The Morgan fingerprint density at radius 2 is 2.00 bits per heavy atom. The molecule has 0 aromatic rings. The molecular formula is C4H8S3. The van der Waals surface area contributed by atoms with E-state index in [9.17, 15) is 0 Å². The molecule has 0 radical (unpaired) electrons. The van der Waals surface area contributed by atoms with Gasteiger partial charge in [0.05, 0.1) is 0 Å². The molecule has 0 aromatic carbocycles. The molecule has 0 saturated carbocycles. The van der Waals surface area contributed by atoms with Crippen molar-refractivity contribution in [2.75, 3.05) is 16.6 Å². The summed E-state index contributed by atoms with van der Waals surface area (Å²) in [6.07, 6.45) is 1.41. The zero-order chi connectivity index (χ0) is 4.95. The molecule has 0 atom stereocenters. The van der Waals surface area contributed by atoms with Crippen LogP contribution in [0, 0.1) is 0 Å². The third-order valence-corrected chi connectivity index (χ3v) is 4.85. The van der Waals surface area contributed by atoms with Crippen LogP contribution in [-0.4, -0.2) is 16.6 Å². The summed E-state index contributed by atoms with van der Waals surface area (Å²) >= 11 is 2.06. The maximum absolute atomic E-state index is 2.06. The minimum atomic E-state index is 1.30. The van der Waals surface area contributed by atoms with Crippen molar-refractivity contribution >= 4 is 33.3 Å². The van der Waals surface area contributed by atoms with E-state index in [2.05, 4.69) is 11.8 Å². The Kier molecular flexibility index (Phi) is 3.51. The molecule has 7 heavy (non-hydrogen) atoms. The molecule has 0 spiro atoms.